The molecule has 0 radical (unpaired) electrons. The summed E-state index contributed by atoms with van der Waals surface area (Å²) in [6.07, 6.45) is 3.60. The lowest BCUT2D eigenvalue weighted by molar-refractivity contribution is -0.140. The summed E-state index contributed by atoms with van der Waals surface area (Å²) in [5.74, 6) is -1.52. The number of amides is 1. The van der Waals surface area contributed by atoms with Crippen LogP contribution in [0.1, 0.15) is 61.1 Å². The highest BCUT2D eigenvalue weighted by Crippen LogP contribution is 2.53. The Morgan fingerprint density at radius 2 is 1.08 bits per heavy atom. The van der Waals surface area contributed by atoms with Crippen molar-refractivity contribution >= 4 is 80.9 Å². The minimum Gasteiger partial charge on any atom is -0.480 e. The van der Waals surface area contributed by atoms with Crippen LogP contribution in [0.3, 0.4) is 0 Å². The fourth-order valence-corrected chi connectivity index (χ4v) is 10.7. The van der Waals surface area contributed by atoms with Gasteiger partial charge < -0.3 is 10.0 Å². The van der Waals surface area contributed by atoms with Crippen LogP contribution in [0.25, 0.3) is 28.3 Å². The SMILES string of the molecule is CC1(C)c2ccccc2-c2ccc(N(c3ccc(/C=N/N(c4ccccc4)c4ccc(/C=C5\SC(=S)N(CC(=O)O)C5=O)cc4)cc3)c3ccc4c(c3)C(C)(C)c3ccccc3-4)cc21. The summed E-state index contributed by atoms with van der Waals surface area (Å²) in [7, 11) is 0. The predicted octanol–water partition coefficient (Wildman–Crippen LogP) is 13.2. The Morgan fingerprint density at radius 3 is 1.64 bits per heavy atom. The summed E-state index contributed by atoms with van der Waals surface area (Å²) in [6, 6.07) is 57.6. The first kappa shape index (κ1) is 41.0. The largest absolute Gasteiger partial charge is 0.480 e. The van der Waals surface area contributed by atoms with E-state index in [2.05, 4.69) is 142 Å². The van der Waals surface area contributed by atoms with Gasteiger partial charge in [0.2, 0.25) is 0 Å². The molecule has 1 saturated heterocycles. The number of carboxylic acids is 1. The van der Waals surface area contributed by atoms with Crippen molar-refractivity contribution in [1.29, 1.82) is 0 Å². The molecule has 1 heterocycles. The number of carbonyl (C=O) groups excluding carboxylic acids is 1. The van der Waals surface area contributed by atoms with E-state index in [1.165, 1.54) is 44.5 Å². The van der Waals surface area contributed by atoms with Gasteiger partial charge in [-0.15, -0.1) is 0 Å². The molecule has 10 rings (SSSR count). The molecule has 7 aromatic carbocycles. The molecule has 7 nitrogen and oxygen atoms in total. The van der Waals surface area contributed by atoms with Crippen molar-refractivity contribution in [2.75, 3.05) is 16.5 Å². The molecule has 0 unspecified atom stereocenters. The van der Waals surface area contributed by atoms with E-state index in [0.29, 0.717) is 4.91 Å². The Bertz CT molecular complexity index is 2980. The normalized spacial score (nSPS) is 15.9. The average molecular weight is 873 g/mol. The van der Waals surface area contributed by atoms with Gasteiger partial charge in [0, 0.05) is 27.9 Å². The number of hydrazone groups is 1. The average Bonchev–Trinajstić information content (AvgIpc) is 3.80. The smallest absolute Gasteiger partial charge is 0.323 e. The monoisotopic (exact) mass is 872 g/mol. The number of aliphatic carboxylic acids is 1. The zero-order chi connectivity index (χ0) is 44.3. The Labute approximate surface area is 383 Å². The second-order valence-corrected chi connectivity index (χ2v) is 19.0. The van der Waals surface area contributed by atoms with Gasteiger partial charge >= 0.3 is 5.97 Å². The summed E-state index contributed by atoms with van der Waals surface area (Å²) in [4.78, 5) is 28.0. The molecule has 0 aromatic heterocycles. The van der Waals surface area contributed by atoms with Crippen LogP contribution in [0, 0.1) is 0 Å². The highest BCUT2D eigenvalue weighted by Gasteiger charge is 2.38. The minimum atomic E-state index is -1.11. The maximum absolute atomic E-state index is 12.9. The lowest BCUT2D eigenvalue weighted by atomic mass is 9.82. The Hall–Kier alpha value is -7.07. The molecule has 1 N–H and O–H groups in total. The van der Waals surface area contributed by atoms with Crippen LogP contribution in [-0.2, 0) is 20.4 Å². The second-order valence-electron chi connectivity index (χ2n) is 17.4. The van der Waals surface area contributed by atoms with Gasteiger partial charge in [-0.05, 0) is 122 Å². The van der Waals surface area contributed by atoms with Crippen LogP contribution >= 0.6 is 24.0 Å². The standard InChI is InChI=1S/C55H44N4O3S2/c1-54(2)46-16-10-8-14-42(46)44-28-26-40(31-48(44)54)58(41-27-29-45-43-15-9-11-17-47(43)55(3,4)49(45)32-41)37-22-20-36(21-23-37)33-56-59(38-12-6-5-7-13-38)39-24-18-35(19-25-39)30-50-52(62)57(34-51(60)61)53(63)64-50/h5-33H,34H2,1-4H3,(H,60,61)/b50-30-,56-33+. The summed E-state index contributed by atoms with van der Waals surface area (Å²) < 4.78 is 0.234. The van der Waals surface area contributed by atoms with Crippen molar-refractivity contribution in [3.8, 4) is 22.3 Å². The second kappa shape index (κ2) is 15.9. The molecule has 0 saturated carbocycles. The van der Waals surface area contributed by atoms with Crippen LogP contribution < -0.4 is 9.91 Å². The van der Waals surface area contributed by atoms with Gasteiger partial charge in [-0.2, -0.15) is 5.10 Å². The first-order valence-corrected chi connectivity index (χ1v) is 22.5. The van der Waals surface area contributed by atoms with E-state index in [1.54, 1.807) is 6.08 Å². The Balaban J connectivity index is 0.986. The number of hydrogen-bond acceptors (Lipinski definition) is 7. The molecular weight excluding hydrogens is 829 g/mol. The van der Waals surface area contributed by atoms with Crippen LogP contribution in [-0.4, -0.2) is 39.0 Å². The number of carbonyl (C=O) groups is 2. The quantitative estimate of drug-likeness (QED) is 0.0635. The number of rotatable bonds is 10. The topological polar surface area (TPSA) is 76.4 Å². The molecule has 0 spiro atoms. The van der Waals surface area contributed by atoms with Gasteiger partial charge in [0.05, 0.1) is 22.5 Å². The predicted molar refractivity (Wildman–Crippen MR) is 266 cm³/mol. The van der Waals surface area contributed by atoms with Crippen molar-refractivity contribution in [2.45, 2.75) is 38.5 Å². The fourth-order valence-electron chi connectivity index (χ4n) is 9.43. The summed E-state index contributed by atoms with van der Waals surface area (Å²) >= 11 is 6.38. The molecule has 9 heteroatoms. The number of para-hydroxylation sites is 1. The number of thiocarbonyl (C=S) groups is 1. The molecular formula is C55H44N4O3S2. The van der Waals surface area contributed by atoms with Crippen molar-refractivity contribution in [1.82, 2.24) is 4.90 Å². The van der Waals surface area contributed by atoms with Gasteiger partial charge in [0.1, 0.15) is 10.9 Å². The lowest BCUT2D eigenvalue weighted by Gasteiger charge is -2.29. The van der Waals surface area contributed by atoms with Crippen LogP contribution in [0.2, 0.25) is 0 Å². The molecule has 2 aliphatic carbocycles. The number of nitrogens with zero attached hydrogens (tertiary/aromatic N) is 4. The zero-order valence-electron chi connectivity index (χ0n) is 35.8. The molecule has 3 aliphatic rings. The van der Waals surface area contributed by atoms with Gasteiger partial charge in [-0.3, -0.25) is 14.5 Å². The molecule has 64 heavy (non-hydrogen) atoms. The molecule has 1 amide bonds. The number of fused-ring (bicyclic) bond motifs is 6. The third kappa shape index (κ3) is 7.11. The highest BCUT2D eigenvalue weighted by atomic mass is 32.2. The summed E-state index contributed by atoms with van der Waals surface area (Å²) in [5, 5.41) is 16.1. The zero-order valence-corrected chi connectivity index (χ0v) is 37.5. The van der Waals surface area contributed by atoms with Gasteiger partial charge in [-0.25, -0.2) is 5.01 Å². The van der Waals surface area contributed by atoms with Crippen molar-refractivity contribution in [3.05, 3.63) is 202 Å². The van der Waals surface area contributed by atoms with Crippen LogP contribution in [0.4, 0.5) is 28.4 Å². The van der Waals surface area contributed by atoms with E-state index in [9.17, 15) is 14.7 Å². The van der Waals surface area contributed by atoms with Crippen LogP contribution in [0.5, 0.6) is 0 Å². The molecule has 1 aliphatic heterocycles. The number of thioether (sulfide) groups is 1. The first-order valence-electron chi connectivity index (χ1n) is 21.2. The molecule has 0 bridgehead atoms. The van der Waals surface area contributed by atoms with E-state index < -0.39 is 18.4 Å². The number of benzene rings is 7. The Kier molecular flexibility index (Phi) is 10.2. The molecule has 314 valence electrons. The maximum Gasteiger partial charge on any atom is 0.323 e. The number of anilines is 5. The third-order valence-corrected chi connectivity index (χ3v) is 14.1. The van der Waals surface area contributed by atoms with Gasteiger partial charge in [0.15, 0.2) is 0 Å². The number of carboxylic acid groups (broad SMARTS) is 1. The summed E-state index contributed by atoms with van der Waals surface area (Å²) in [6.45, 7) is 8.84. The van der Waals surface area contributed by atoms with E-state index in [1.807, 2.05) is 65.8 Å². The first-order chi connectivity index (χ1) is 30.9. The van der Waals surface area contributed by atoms with E-state index in [4.69, 9.17) is 17.3 Å². The highest BCUT2D eigenvalue weighted by molar-refractivity contribution is 8.26. The van der Waals surface area contributed by atoms with Crippen LogP contribution in [0.15, 0.2) is 174 Å². The lowest BCUT2D eigenvalue weighted by Crippen LogP contribution is -2.33. The van der Waals surface area contributed by atoms with Gasteiger partial charge in [0.25, 0.3) is 5.91 Å². The maximum atomic E-state index is 12.9. The molecule has 7 aromatic rings. The van der Waals surface area contributed by atoms with E-state index >= 15 is 0 Å². The van der Waals surface area contributed by atoms with Gasteiger partial charge in [-0.1, -0.05) is 155 Å². The van der Waals surface area contributed by atoms with E-state index in [0.717, 1.165) is 56.2 Å². The third-order valence-electron chi connectivity index (χ3n) is 12.7. The van der Waals surface area contributed by atoms with E-state index in [-0.39, 0.29) is 15.2 Å². The van der Waals surface area contributed by atoms with Crippen molar-refractivity contribution in [3.63, 3.8) is 0 Å². The number of hydrogen-bond donors (Lipinski definition) is 1. The minimum absolute atomic E-state index is 0.148. The fraction of sp³-hybridized carbons (Fsp3) is 0.127. The molecule has 0 atom stereocenters. The van der Waals surface area contributed by atoms with Crippen molar-refractivity contribution in [2.24, 2.45) is 5.10 Å². The molecule has 1 fully saturated rings. The Morgan fingerprint density at radius 1 is 0.609 bits per heavy atom. The van der Waals surface area contributed by atoms with Crippen molar-refractivity contribution < 1.29 is 14.7 Å². The summed E-state index contributed by atoms with van der Waals surface area (Å²) in [5.41, 5.74) is 16.9.